The molecule has 1 aliphatic rings. The van der Waals surface area contributed by atoms with E-state index in [-0.39, 0.29) is 36.0 Å². The molecule has 3 aromatic rings. The number of halogens is 1. The van der Waals surface area contributed by atoms with Crippen molar-refractivity contribution < 1.29 is 18.7 Å². The maximum Gasteiger partial charge on any atom is 0.243 e. The Bertz CT molecular complexity index is 1170. The molecule has 1 fully saturated rings. The summed E-state index contributed by atoms with van der Waals surface area (Å²) in [4.78, 5) is 29.0. The number of benzene rings is 3. The van der Waals surface area contributed by atoms with Gasteiger partial charge in [-0.3, -0.25) is 9.59 Å². The molecule has 0 bridgehead atoms. The molecule has 0 saturated heterocycles. The first-order valence-electron chi connectivity index (χ1n) is 13.1. The first kappa shape index (κ1) is 27.7. The van der Waals surface area contributed by atoms with Gasteiger partial charge in [0.15, 0.2) is 0 Å². The smallest absolute Gasteiger partial charge is 0.243 e. The number of carbonyl (C=O) groups excluding carboxylic acids is 2. The average molecular weight is 535 g/mol. The summed E-state index contributed by atoms with van der Waals surface area (Å²) in [6.45, 7) is 0.234. The van der Waals surface area contributed by atoms with E-state index in [1.807, 2.05) is 54.6 Å². The van der Waals surface area contributed by atoms with Gasteiger partial charge in [-0.2, -0.15) is 0 Å². The molecule has 200 valence electrons. The minimum absolute atomic E-state index is 0.115. The van der Waals surface area contributed by atoms with Gasteiger partial charge in [0.25, 0.3) is 0 Å². The van der Waals surface area contributed by atoms with E-state index in [4.69, 9.17) is 4.74 Å². The van der Waals surface area contributed by atoms with E-state index < -0.39 is 6.04 Å². The minimum atomic E-state index is -0.669. The first-order valence-corrected chi connectivity index (χ1v) is 14.3. The molecule has 1 saturated carbocycles. The molecular weight excluding hydrogens is 499 g/mol. The van der Waals surface area contributed by atoms with Gasteiger partial charge in [-0.05, 0) is 53.8 Å². The Balaban J connectivity index is 1.54. The van der Waals surface area contributed by atoms with E-state index in [1.165, 1.54) is 23.9 Å². The Kier molecular flexibility index (Phi) is 10.2. The number of hydrogen-bond donors (Lipinski definition) is 1. The van der Waals surface area contributed by atoms with Crippen LogP contribution in [0.4, 0.5) is 4.39 Å². The van der Waals surface area contributed by atoms with E-state index in [0.717, 1.165) is 48.1 Å². The van der Waals surface area contributed by atoms with Gasteiger partial charge < -0.3 is 15.0 Å². The molecule has 3 aromatic carbocycles. The number of nitrogens with zero attached hydrogens (tertiary/aromatic N) is 1. The van der Waals surface area contributed by atoms with Gasteiger partial charge in [-0.25, -0.2) is 4.39 Å². The third kappa shape index (κ3) is 8.09. The molecular formula is C31H35FN2O3S. The van der Waals surface area contributed by atoms with Crippen LogP contribution in [0.3, 0.4) is 0 Å². The van der Waals surface area contributed by atoms with Crippen molar-refractivity contribution >= 4 is 23.6 Å². The van der Waals surface area contributed by atoms with Crippen LogP contribution >= 0.6 is 11.8 Å². The highest BCUT2D eigenvalue weighted by Gasteiger charge is 2.32. The van der Waals surface area contributed by atoms with Crippen LogP contribution in [-0.4, -0.2) is 41.7 Å². The molecule has 4 rings (SSSR count). The summed E-state index contributed by atoms with van der Waals surface area (Å²) < 4.78 is 18.8. The van der Waals surface area contributed by atoms with E-state index in [2.05, 4.69) is 5.32 Å². The van der Waals surface area contributed by atoms with Gasteiger partial charge in [0, 0.05) is 24.8 Å². The van der Waals surface area contributed by atoms with Crippen LogP contribution in [0.2, 0.25) is 0 Å². The van der Waals surface area contributed by atoms with Crippen LogP contribution in [0, 0.1) is 5.82 Å². The normalized spacial score (nSPS) is 14.2. The number of carbonyl (C=O) groups is 2. The van der Waals surface area contributed by atoms with Crippen molar-refractivity contribution in [2.75, 3.05) is 12.9 Å². The second-order valence-electron chi connectivity index (χ2n) is 9.68. The average Bonchev–Trinajstić information content (AvgIpc) is 3.45. The number of nitrogens with one attached hydrogen (secondary N) is 1. The van der Waals surface area contributed by atoms with E-state index in [9.17, 15) is 14.0 Å². The lowest BCUT2D eigenvalue weighted by Crippen LogP contribution is -2.52. The van der Waals surface area contributed by atoms with Crippen LogP contribution in [-0.2, 0) is 28.3 Å². The zero-order valence-corrected chi connectivity index (χ0v) is 22.6. The number of methoxy groups -OCH3 is 1. The molecule has 1 N–H and O–H groups in total. The van der Waals surface area contributed by atoms with Crippen molar-refractivity contribution in [3.63, 3.8) is 0 Å². The molecule has 0 aliphatic heterocycles. The van der Waals surface area contributed by atoms with Gasteiger partial charge in [-0.1, -0.05) is 67.4 Å². The van der Waals surface area contributed by atoms with Crippen molar-refractivity contribution in [1.29, 1.82) is 0 Å². The molecule has 0 unspecified atom stereocenters. The topological polar surface area (TPSA) is 58.6 Å². The van der Waals surface area contributed by atoms with Gasteiger partial charge in [0.1, 0.15) is 17.6 Å². The number of rotatable bonds is 12. The number of ether oxygens (including phenoxy) is 1. The predicted molar refractivity (Wildman–Crippen MR) is 150 cm³/mol. The highest BCUT2D eigenvalue weighted by atomic mass is 32.2. The summed E-state index contributed by atoms with van der Waals surface area (Å²) in [5.41, 5.74) is 2.86. The number of amides is 2. The van der Waals surface area contributed by atoms with E-state index in [1.54, 1.807) is 24.1 Å². The highest BCUT2D eigenvalue weighted by molar-refractivity contribution is 7.99. The largest absolute Gasteiger partial charge is 0.497 e. The van der Waals surface area contributed by atoms with Crippen molar-refractivity contribution in [3.8, 4) is 5.75 Å². The van der Waals surface area contributed by atoms with Crippen molar-refractivity contribution in [3.05, 3.63) is 101 Å². The summed E-state index contributed by atoms with van der Waals surface area (Å²) in [6.07, 6.45) is 4.55. The lowest BCUT2D eigenvalue weighted by molar-refractivity contribution is -0.139. The van der Waals surface area contributed by atoms with Crippen molar-refractivity contribution in [2.24, 2.45) is 0 Å². The van der Waals surface area contributed by atoms with Crippen LogP contribution in [0.15, 0.2) is 78.9 Å². The lowest BCUT2D eigenvalue weighted by atomic mass is 10.0. The molecule has 0 radical (unpaired) electrons. The molecule has 7 heteroatoms. The molecule has 1 atom stereocenters. The Hall–Kier alpha value is -3.32. The molecule has 38 heavy (non-hydrogen) atoms. The second-order valence-corrected chi connectivity index (χ2v) is 10.7. The fourth-order valence-corrected chi connectivity index (χ4v) is 5.64. The van der Waals surface area contributed by atoms with Gasteiger partial charge in [0.2, 0.25) is 11.8 Å². The Morgan fingerprint density at radius 3 is 2.26 bits per heavy atom. The minimum Gasteiger partial charge on any atom is -0.497 e. The highest BCUT2D eigenvalue weighted by Crippen LogP contribution is 2.22. The van der Waals surface area contributed by atoms with Crippen molar-refractivity contribution in [1.82, 2.24) is 10.2 Å². The molecule has 0 aromatic heterocycles. The summed E-state index contributed by atoms with van der Waals surface area (Å²) in [6, 6.07) is 23.2. The Morgan fingerprint density at radius 1 is 0.947 bits per heavy atom. The SMILES string of the molecule is COc1ccc(CSCC(=O)N(Cc2ccc(F)cc2)[C@@H](Cc2ccccc2)C(=O)NC2CCCC2)cc1. The summed E-state index contributed by atoms with van der Waals surface area (Å²) in [5.74, 6) is 1.11. The van der Waals surface area contributed by atoms with Crippen LogP contribution in [0.25, 0.3) is 0 Å². The quantitative estimate of drug-likeness (QED) is 0.321. The summed E-state index contributed by atoms with van der Waals surface area (Å²) >= 11 is 1.51. The van der Waals surface area contributed by atoms with Crippen LogP contribution < -0.4 is 10.1 Å². The van der Waals surface area contributed by atoms with Gasteiger partial charge in [-0.15, -0.1) is 11.8 Å². The number of thioether (sulfide) groups is 1. The fraction of sp³-hybridized carbons (Fsp3) is 0.355. The fourth-order valence-electron chi connectivity index (χ4n) is 4.77. The zero-order valence-electron chi connectivity index (χ0n) is 21.8. The first-order chi connectivity index (χ1) is 18.5. The predicted octanol–water partition coefficient (Wildman–Crippen LogP) is 5.77. The van der Waals surface area contributed by atoms with Crippen LogP contribution in [0.5, 0.6) is 5.75 Å². The molecule has 5 nitrogen and oxygen atoms in total. The lowest BCUT2D eigenvalue weighted by Gasteiger charge is -2.32. The zero-order chi connectivity index (χ0) is 26.7. The summed E-state index contributed by atoms with van der Waals surface area (Å²) in [7, 11) is 1.63. The van der Waals surface area contributed by atoms with E-state index in [0.29, 0.717) is 12.2 Å². The van der Waals surface area contributed by atoms with Crippen LogP contribution in [0.1, 0.15) is 42.4 Å². The second kappa shape index (κ2) is 14.0. The molecule has 1 aliphatic carbocycles. The third-order valence-electron chi connectivity index (χ3n) is 6.89. The molecule has 2 amide bonds. The maximum atomic E-state index is 13.7. The molecule has 0 spiro atoms. The van der Waals surface area contributed by atoms with Gasteiger partial charge >= 0.3 is 0 Å². The standard InChI is InChI=1S/C31H35FN2O3S/c1-37-28-17-13-25(14-18-28)21-38-22-30(35)34(20-24-11-15-26(32)16-12-24)29(19-23-7-3-2-4-8-23)31(36)33-27-9-5-6-10-27/h2-4,7-8,11-18,27,29H,5-6,9-10,19-22H2,1H3,(H,33,36)/t29-/m0/s1. The third-order valence-corrected chi connectivity index (χ3v) is 7.88. The van der Waals surface area contributed by atoms with Gasteiger partial charge in [0.05, 0.1) is 12.9 Å². The molecule has 0 heterocycles. The Morgan fingerprint density at radius 2 is 1.61 bits per heavy atom. The summed E-state index contributed by atoms with van der Waals surface area (Å²) in [5, 5.41) is 3.21. The Labute approximate surface area is 228 Å². The van der Waals surface area contributed by atoms with Crippen molar-refractivity contribution in [2.45, 2.75) is 56.5 Å². The maximum absolute atomic E-state index is 13.7. The van der Waals surface area contributed by atoms with E-state index >= 15 is 0 Å². The monoisotopic (exact) mass is 534 g/mol. The number of hydrogen-bond acceptors (Lipinski definition) is 4.